The zero-order valence-electron chi connectivity index (χ0n) is 14.1. The van der Waals surface area contributed by atoms with Crippen LogP contribution >= 0.6 is 0 Å². The second-order valence-electron chi connectivity index (χ2n) is 5.60. The van der Waals surface area contributed by atoms with Crippen molar-refractivity contribution in [1.29, 1.82) is 0 Å². The van der Waals surface area contributed by atoms with Gasteiger partial charge in [0.1, 0.15) is 5.75 Å². The van der Waals surface area contributed by atoms with E-state index in [-0.39, 0.29) is 5.91 Å². The minimum Gasteiger partial charge on any atom is -0.494 e. The number of anilines is 1. The number of carbonyl (C=O) groups is 1. The molecule has 4 heteroatoms. The van der Waals surface area contributed by atoms with E-state index in [1.165, 1.54) is 0 Å². The lowest BCUT2D eigenvalue weighted by molar-refractivity contribution is -0.115. The average Bonchev–Trinajstić information content (AvgIpc) is 2.65. The predicted molar refractivity (Wildman–Crippen MR) is 99.6 cm³/mol. The van der Waals surface area contributed by atoms with Crippen LogP contribution in [0.2, 0.25) is 0 Å². The molecule has 1 aromatic heterocycles. The quantitative estimate of drug-likeness (QED) is 0.731. The van der Waals surface area contributed by atoms with E-state index in [1.807, 2.05) is 73.7 Å². The van der Waals surface area contributed by atoms with E-state index in [4.69, 9.17) is 4.74 Å². The zero-order chi connectivity index (χ0) is 17.5. The molecule has 3 aromatic rings. The third-order valence-electron chi connectivity index (χ3n) is 3.72. The number of carbonyl (C=O) groups excluding carboxylic acids is 1. The molecule has 0 saturated heterocycles. The number of pyridine rings is 1. The zero-order valence-corrected chi connectivity index (χ0v) is 14.1. The second kappa shape index (κ2) is 8.11. The highest BCUT2D eigenvalue weighted by Crippen LogP contribution is 2.18. The van der Waals surface area contributed by atoms with E-state index >= 15 is 0 Å². The number of ether oxygens (including phenoxy) is 1. The molecule has 0 spiro atoms. The number of amides is 1. The summed E-state index contributed by atoms with van der Waals surface area (Å²) in [6.45, 7) is 2.57. The van der Waals surface area contributed by atoms with Gasteiger partial charge < -0.3 is 10.1 Å². The fourth-order valence-electron chi connectivity index (χ4n) is 2.51. The van der Waals surface area contributed by atoms with Crippen LogP contribution in [-0.2, 0) is 11.2 Å². The maximum Gasteiger partial charge on any atom is 0.228 e. The van der Waals surface area contributed by atoms with Crippen LogP contribution in [0.4, 0.5) is 5.69 Å². The standard InChI is InChI=1S/C21H20N2O2/c1-2-25-19-11-8-16(9-12-19)14-21(24)23-18-10-13-20(22-15-18)17-6-4-3-5-7-17/h3-13,15H,2,14H2,1H3,(H,23,24). The van der Waals surface area contributed by atoms with Gasteiger partial charge in [-0.2, -0.15) is 0 Å². The Balaban J connectivity index is 1.59. The van der Waals surface area contributed by atoms with Gasteiger partial charge in [-0.05, 0) is 36.8 Å². The highest BCUT2D eigenvalue weighted by molar-refractivity contribution is 5.92. The van der Waals surface area contributed by atoms with Crippen molar-refractivity contribution in [2.24, 2.45) is 0 Å². The van der Waals surface area contributed by atoms with Gasteiger partial charge in [-0.3, -0.25) is 9.78 Å². The minimum atomic E-state index is -0.0709. The first-order chi connectivity index (χ1) is 12.2. The van der Waals surface area contributed by atoms with Gasteiger partial charge in [0.2, 0.25) is 5.91 Å². The Labute approximate surface area is 147 Å². The molecule has 2 aromatic carbocycles. The monoisotopic (exact) mass is 332 g/mol. The molecule has 0 fully saturated rings. The van der Waals surface area contributed by atoms with E-state index in [9.17, 15) is 4.79 Å². The molecule has 0 aliphatic carbocycles. The first kappa shape index (κ1) is 16.7. The minimum absolute atomic E-state index is 0.0709. The second-order valence-corrected chi connectivity index (χ2v) is 5.60. The fourth-order valence-corrected chi connectivity index (χ4v) is 2.51. The van der Waals surface area contributed by atoms with Crippen molar-refractivity contribution >= 4 is 11.6 Å². The number of nitrogens with one attached hydrogen (secondary N) is 1. The Morgan fingerprint density at radius 3 is 2.40 bits per heavy atom. The molecular weight excluding hydrogens is 312 g/mol. The Hall–Kier alpha value is -3.14. The van der Waals surface area contributed by atoms with Crippen molar-refractivity contribution in [3.63, 3.8) is 0 Å². The molecule has 3 rings (SSSR count). The molecular formula is C21H20N2O2. The summed E-state index contributed by atoms with van der Waals surface area (Å²) in [5.74, 6) is 0.741. The van der Waals surface area contributed by atoms with Crippen molar-refractivity contribution < 1.29 is 9.53 Å². The fraction of sp³-hybridized carbons (Fsp3) is 0.143. The number of aromatic nitrogens is 1. The molecule has 0 saturated carbocycles. The summed E-state index contributed by atoms with van der Waals surface area (Å²) >= 11 is 0. The summed E-state index contributed by atoms with van der Waals surface area (Å²) in [6, 6.07) is 21.3. The first-order valence-electron chi connectivity index (χ1n) is 8.27. The third kappa shape index (κ3) is 4.67. The van der Waals surface area contributed by atoms with Gasteiger partial charge in [0.05, 0.1) is 30.6 Å². The van der Waals surface area contributed by atoms with Crippen LogP contribution in [0.1, 0.15) is 12.5 Å². The maximum absolute atomic E-state index is 12.2. The van der Waals surface area contributed by atoms with E-state index < -0.39 is 0 Å². The molecule has 0 atom stereocenters. The van der Waals surface area contributed by atoms with E-state index in [1.54, 1.807) is 6.20 Å². The van der Waals surface area contributed by atoms with E-state index in [0.717, 1.165) is 22.6 Å². The lowest BCUT2D eigenvalue weighted by Gasteiger charge is -2.07. The summed E-state index contributed by atoms with van der Waals surface area (Å²) in [5.41, 5.74) is 3.56. The van der Waals surface area contributed by atoms with Crippen LogP contribution in [0.5, 0.6) is 5.75 Å². The molecule has 0 radical (unpaired) electrons. The molecule has 126 valence electrons. The van der Waals surface area contributed by atoms with Gasteiger partial charge in [-0.1, -0.05) is 42.5 Å². The molecule has 1 heterocycles. The number of hydrogen-bond donors (Lipinski definition) is 1. The van der Waals surface area contributed by atoms with Crippen LogP contribution in [-0.4, -0.2) is 17.5 Å². The lowest BCUT2D eigenvalue weighted by atomic mass is 10.1. The van der Waals surface area contributed by atoms with Gasteiger partial charge in [0, 0.05) is 5.56 Å². The lowest BCUT2D eigenvalue weighted by Crippen LogP contribution is -2.14. The largest absolute Gasteiger partial charge is 0.494 e. The van der Waals surface area contributed by atoms with Crippen molar-refractivity contribution in [2.45, 2.75) is 13.3 Å². The third-order valence-corrected chi connectivity index (χ3v) is 3.72. The van der Waals surface area contributed by atoms with Gasteiger partial charge in [-0.25, -0.2) is 0 Å². The summed E-state index contributed by atoms with van der Waals surface area (Å²) < 4.78 is 5.40. The number of rotatable bonds is 6. The van der Waals surface area contributed by atoms with Crippen LogP contribution < -0.4 is 10.1 Å². The molecule has 0 aliphatic rings. The molecule has 0 unspecified atom stereocenters. The Morgan fingerprint density at radius 2 is 1.76 bits per heavy atom. The van der Waals surface area contributed by atoms with E-state index in [2.05, 4.69) is 10.3 Å². The van der Waals surface area contributed by atoms with Gasteiger partial charge >= 0.3 is 0 Å². The topological polar surface area (TPSA) is 51.2 Å². The molecule has 1 N–H and O–H groups in total. The van der Waals surface area contributed by atoms with Crippen molar-refractivity contribution in [3.05, 3.63) is 78.5 Å². The number of benzene rings is 2. The highest BCUT2D eigenvalue weighted by Gasteiger charge is 2.06. The normalized spacial score (nSPS) is 10.3. The SMILES string of the molecule is CCOc1ccc(CC(=O)Nc2ccc(-c3ccccc3)nc2)cc1. The molecule has 0 bridgehead atoms. The smallest absolute Gasteiger partial charge is 0.228 e. The van der Waals surface area contributed by atoms with Crippen molar-refractivity contribution in [1.82, 2.24) is 4.98 Å². The van der Waals surface area contributed by atoms with Crippen LogP contribution in [0, 0.1) is 0 Å². The summed E-state index contributed by atoms with van der Waals surface area (Å²) in [7, 11) is 0. The number of hydrogen-bond acceptors (Lipinski definition) is 3. The Morgan fingerprint density at radius 1 is 1.00 bits per heavy atom. The van der Waals surface area contributed by atoms with Crippen molar-refractivity contribution in [2.75, 3.05) is 11.9 Å². The first-order valence-corrected chi connectivity index (χ1v) is 8.27. The molecule has 0 aliphatic heterocycles. The van der Waals surface area contributed by atoms with Crippen LogP contribution in [0.15, 0.2) is 72.9 Å². The average molecular weight is 332 g/mol. The molecule has 4 nitrogen and oxygen atoms in total. The van der Waals surface area contributed by atoms with Crippen LogP contribution in [0.25, 0.3) is 11.3 Å². The highest BCUT2D eigenvalue weighted by atomic mass is 16.5. The maximum atomic E-state index is 12.2. The van der Waals surface area contributed by atoms with E-state index in [0.29, 0.717) is 18.7 Å². The van der Waals surface area contributed by atoms with Gasteiger partial charge in [-0.15, -0.1) is 0 Å². The van der Waals surface area contributed by atoms with Crippen LogP contribution in [0.3, 0.4) is 0 Å². The van der Waals surface area contributed by atoms with Gasteiger partial charge in [0.15, 0.2) is 0 Å². The predicted octanol–water partition coefficient (Wildman–Crippen LogP) is 4.33. The Kier molecular flexibility index (Phi) is 5.42. The number of nitrogens with zero attached hydrogens (tertiary/aromatic N) is 1. The summed E-state index contributed by atoms with van der Waals surface area (Å²) in [5, 5.41) is 2.88. The summed E-state index contributed by atoms with van der Waals surface area (Å²) in [6.07, 6.45) is 1.99. The summed E-state index contributed by atoms with van der Waals surface area (Å²) in [4.78, 5) is 16.6. The van der Waals surface area contributed by atoms with Gasteiger partial charge in [0.25, 0.3) is 0 Å². The molecule has 25 heavy (non-hydrogen) atoms. The Bertz CT molecular complexity index is 813. The molecule has 1 amide bonds. The van der Waals surface area contributed by atoms with Crippen molar-refractivity contribution in [3.8, 4) is 17.0 Å².